The van der Waals surface area contributed by atoms with Crippen LogP contribution in [0.3, 0.4) is 0 Å². The molecular weight excluding hydrogens is 140 g/mol. The molecular formula is C4H4N2S2. The number of rotatable bonds is 0. The average molecular weight is 144 g/mol. The van der Waals surface area contributed by atoms with Crippen LogP contribution in [-0.4, -0.2) is 3.97 Å². The van der Waals surface area contributed by atoms with Gasteiger partial charge in [-0.15, -0.1) is 0 Å². The zero-order valence-corrected chi connectivity index (χ0v) is 5.65. The highest BCUT2D eigenvalue weighted by molar-refractivity contribution is 7.66. The molecule has 1 rings (SSSR count). The molecule has 8 heavy (non-hydrogen) atoms. The Morgan fingerprint density at radius 3 is 2.25 bits per heavy atom. The zero-order valence-electron chi connectivity index (χ0n) is 4.02. The Kier molecular flexibility index (Phi) is 1.55. The molecule has 42 valence electrons. The fourth-order valence-electron chi connectivity index (χ4n) is 0.362. The predicted molar refractivity (Wildman–Crippen MR) is 34.8 cm³/mol. The molecule has 0 saturated carbocycles. The van der Waals surface area contributed by atoms with Gasteiger partial charge in [-0.05, 0) is 0 Å². The van der Waals surface area contributed by atoms with Crippen molar-refractivity contribution >= 4 is 25.2 Å². The lowest BCUT2D eigenvalue weighted by atomic mass is 10.8. The molecule has 0 unspecified atom stereocenters. The minimum atomic E-state index is 1.52. The molecule has 4 heteroatoms. The molecule has 0 atom stereocenters. The predicted octanol–water partition coefficient (Wildman–Crippen LogP) is 0.327. The summed E-state index contributed by atoms with van der Waals surface area (Å²) >= 11 is 9.46. The molecule has 0 aromatic carbocycles. The monoisotopic (exact) mass is 144 g/mol. The van der Waals surface area contributed by atoms with E-state index >= 15 is 0 Å². The van der Waals surface area contributed by atoms with Gasteiger partial charge in [0.25, 0.3) is 12.4 Å². The summed E-state index contributed by atoms with van der Waals surface area (Å²) in [6.45, 7) is 0. The van der Waals surface area contributed by atoms with Crippen molar-refractivity contribution in [1.82, 2.24) is 3.97 Å². The lowest BCUT2D eigenvalue weighted by Gasteiger charge is -2.03. The third-order valence-corrected chi connectivity index (χ3v) is 1.21. The molecule has 0 aliphatic carbocycles. The summed E-state index contributed by atoms with van der Waals surface area (Å²) in [7, 11) is 0. The number of aromatic nitrogens is 2. The molecule has 0 fully saturated rings. The first kappa shape index (κ1) is 5.65. The van der Waals surface area contributed by atoms with E-state index in [2.05, 4.69) is 0 Å². The fourth-order valence-corrected chi connectivity index (χ4v) is 0.580. The summed E-state index contributed by atoms with van der Waals surface area (Å²) in [6.07, 6.45) is 6.84. The van der Waals surface area contributed by atoms with Crippen LogP contribution in [0.2, 0.25) is 0 Å². The van der Waals surface area contributed by atoms with Gasteiger partial charge in [-0.2, -0.15) is 0 Å². The van der Waals surface area contributed by atoms with E-state index < -0.39 is 0 Å². The Hall–Kier alpha value is -0.480. The molecule has 0 radical (unpaired) electrons. The van der Waals surface area contributed by atoms with Crippen LogP contribution in [0.25, 0.3) is 0 Å². The maximum atomic E-state index is 4.73. The van der Waals surface area contributed by atoms with Crippen molar-refractivity contribution in [1.29, 1.82) is 0 Å². The van der Waals surface area contributed by atoms with E-state index in [9.17, 15) is 0 Å². The molecule has 0 saturated heterocycles. The van der Waals surface area contributed by atoms with Crippen LogP contribution in [-0.2, 0) is 12.8 Å². The van der Waals surface area contributed by atoms with Gasteiger partial charge in [0.2, 0.25) is 12.4 Å². The Labute approximate surface area is 58.1 Å². The molecule has 0 aliphatic rings. The molecule has 1 aromatic rings. The van der Waals surface area contributed by atoms with Crippen LogP contribution < -0.4 is 3.61 Å². The Balaban J connectivity index is 3.22. The van der Waals surface area contributed by atoms with E-state index in [0.29, 0.717) is 0 Å². The van der Waals surface area contributed by atoms with Gasteiger partial charge < -0.3 is 16.8 Å². The maximum Gasteiger partial charge on any atom is 0.276 e. The minimum absolute atomic E-state index is 1.52. The maximum absolute atomic E-state index is 4.73. The highest BCUT2D eigenvalue weighted by Crippen LogP contribution is 1.73. The largest absolute Gasteiger partial charge is 0.688 e. The Bertz CT molecular complexity index is 209. The summed E-state index contributed by atoms with van der Waals surface area (Å²) in [4.78, 5) is 0. The van der Waals surface area contributed by atoms with Gasteiger partial charge in [0.1, 0.15) is 0 Å². The standard InChI is InChI=1S/C4H4N2S2/c7-5-1-2-6(8)4-3-5/h1-4H. The molecule has 1 aromatic heterocycles. The zero-order chi connectivity index (χ0) is 5.98. The normalized spacial score (nSPS) is 9.00. The average Bonchev–Trinajstić information content (AvgIpc) is 1.77. The van der Waals surface area contributed by atoms with Crippen molar-refractivity contribution in [3.8, 4) is 0 Å². The molecule has 0 aliphatic heterocycles. The van der Waals surface area contributed by atoms with Crippen molar-refractivity contribution in [3.63, 3.8) is 0 Å². The minimum Gasteiger partial charge on any atom is -0.688 e. The van der Waals surface area contributed by atoms with Gasteiger partial charge >= 0.3 is 0 Å². The first-order valence-electron chi connectivity index (χ1n) is 2.06. The Morgan fingerprint density at radius 2 is 1.88 bits per heavy atom. The fraction of sp³-hybridized carbons (Fsp3) is 0. The van der Waals surface area contributed by atoms with Gasteiger partial charge in [0.05, 0.1) is 12.4 Å². The van der Waals surface area contributed by atoms with Gasteiger partial charge in [-0.25, -0.2) is 0 Å². The van der Waals surface area contributed by atoms with Crippen molar-refractivity contribution in [3.05, 3.63) is 24.8 Å². The molecule has 0 N–H and O–H groups in total. The van der Waals surface area contributed by atoms with E-state index in [-0.39, 0.29) is 0 Å². The molecule has 0 spiro atoms. The summed E-state index contributed by atoms with van der Waals surface area (Å²) in [5.74, 6) is 0. The van der Waals surface area contributed by atoms with Crippen LogP contribution in [0.4, 0.5) is 0 Å². The second kappa shape index (κ2) is 2.19. The summed E-state index contributed by atoms with van der Waals surface area (Å²) in [5.41, 5.74) is 0. The number of hydrogen-bond donors (Lipinski definition) is 0. The highest BCUT2D eigenvalue weighted by atomic mass is 32.1. The van der Waals surface area contributed by atoms with Crippen LogP contribution in [0, 0.1) is 0 Å². The van der Waals surface area contributed by atoms with Gasteiger partial charge in [-0.3, -0.25) is 0 Å². The van der Waals surface area contributed by atoms with E-state index in [1.54, 1.807) is 24.8 Å². The first-order valence-corrected chi connectivity index (χ1v) is 2.79. The lowest BCUT2D eigenvalue weighted by molar-refractivity contribution is -0.434. The molecule has 2 nitrogen and oxygen atoms in total. The van der Waals surface area contributed by atoms with Crippen LogP contribution in [0.5, 0.6) is 0 Å². The summed E-state index contributed by atoms with van der Waals surface area (Å²) in [6, 6.07) is 0. The third kappa shape index (κ3) is 1.24. The quantitative estimate of drug-likeness (QED) is 0.384. The summed E-state index contributed by atoms with van der Waals surface area (Å²) in [5, 5.41) is 0. The Morgan fingerprint density at radius 1 is 1.38 bits per heavy atom. The van der Waals surface area contributed by atoms with Crippen LogP contribution >= 0.6 is 12.4 Å². The first-order chi connectivity index (χ1) is 3.79. The topological polar surface area (TPSA) is 10.8 Å². The van der Waals surface area contributed by atoms with E-state index in [1.807, 2.05) is 0 Å². The molecule has 0 amide bonds. The molecule has 1 heterocycles. The smallest absolute Gasteiger partial charge is 0.276 e. The van der Waals surface area contributed by atoms with Crippen LogP contribution in [0.15, 0.2) is 24.8 Å². The van der Waals surface area contributed by atoms with Gasteiger partial charge in [-0.1, -0.05) is 3.61 Å². The number of nitrogens with zero attached hydrogens (tertiary/aromatic N) is 2. The van der Waals surface area contributed by atoms with E-state index in [4.69, 9.17) is 25.2 Å². The van der Waals surface area contributed by atoms with Crippen molar-refractivity contribution < 1.29 is 3.61 Å². The van der Waals surface area contributed by atoms with E-state index in [0.717, 1.165) is 0 Å². The van der Waals surface area contributed by atoms with E-state index in [1.165, 1.54) is 7.59 Å². The van der Waals surface area contributed by atoms with Gasteiger partial charge in [0.15, 0.2) is 0 Å². The lowest BCUT2D eigenvalue weighted by Crippen LogP contribution is -2.09. The van der Waals surface area contributed by atoms with Crippen molar-refractivity contribution in [2.45, 2.75) is 0 Å². The number of hydrogen-bond acceptors (Lipinski definition) is 2. The van der Waals surface area contributed by atoms with Crippen LogP contribution in [0.1, 0.15) is 0 Å². The second-order valence-corrected chi connectivity index (χ2v) is 2.16. The van der Waals surface area contributed by atoms with Crippen molar-refractivity contribution in [2.24, 2.45) is 0 Å². The SMILES string of the molecule is S=[n+]1ccn([S-])cc1. The van der Waals surface area contributed by atoms with Crippen molar-refractivity contribution in [2.75, 3.05) is 0 Å². The second-order valence-electron chi connectivity index (χ2n) is 1.32. The third-order valence-electron chi connectivity index (χ3n) is 0.721. The highest BCUT2D eigenvalue weighted by Gasteiger charge is 1.77. The summed E-state index contributed by atoms with van der Waals surface area (Å²) < 4.78 is 3.03. The molecule has 0 bridgehead atoms. The van der Waals surface area contributed by atoms with Gasteiger partial charge in [0, 0.05) is 0 Å².